The van der Waals surface area contributed by atoms with Gasteiger partial charge in [0.1, 0.15) is 0 Å². The monoisotopic (exact) mass is 670 g/mol. The van der Waals surface area contributed by atoms with Gasteiger partial charge in [0.05, 0.1) is 53.4 Å². The third kappa shape index (κ3) is 28.1. The molecule has 260 valence electrons. The molecule has 0 aromatic carbocycles. The number of rotatable bonds is 16. The van der Waals surface area contributed by atoms with Crippen LogP contribution in [0, 0.1) is 0 Å². The van der Waals surface area contributed by atoms with E-state index in [-0.39, 0.29) is 0 Å². The predicted molar refractivity (Wildman–Crippen MR) is 153 cm³/mol. The summed E-state index contributed by atoms with van der Waals surface area (Å²) >= 11 is 0. The summed E-state index contributed by atoms with van der Waals surface area (Å²) in [6, 6.07) is 0. The summed E-state index contributed by atoms with van der Waals surface area (Å²) in [5, 5.41) is 0. The first kappa shape index (κ1) is 48.2. The molecule has 0 bridgehead atoms. The molecular formula is C26H56F6N2O6S2. The fraction of sp³-hybridized carbons (Fsp3) is 1.00. The van der Waals surface area contributed by atoms with Crippen molar-refractivity contribution in [2.75, 3.05) is 53.4 Å². The molecule has 0 aliphatic carbocycles. The van der Waals surface area contributed by atoms with Crippen LogP contribution in [0.3, 0.4) is 0 Å². The van der Waals surface area contributed by atoms with E-state index in [0.717, 1.165) is 0 Å². The van der Waals surface area contributed by atoms with Crippen LogP contribution in [0.5, 0.6) is 0 Å². The van der Waals surface area contributed by atoms with Gasteiger partial charge in [-0.1, -0.05) is 52.4 Å². The van der Waals surface area contributed by atoms with E-state index in [1.807, 2.05) is 0 Å². The van der Waals surface area contributed by atoms with E-state index in [4.69, 9.17) is 25.9 Å². The minimum Gasteiger partial charge on any atom is -0.741 e. The zero-order valence-corrected chi connectivity index (χ0v) is 28.4. The van der Waals surface area contributed by atoms with Gasteiger partial charge in [0, 0.05) is 0 Å². The van der Waals surface area contributed by atoms with Gasteiger partial charge in [0.25, 0.3) is 0 Å². The normalized spacial score (nSPS) is 12.8. The minimum atomic E-state index is -6.09. The van der Waals surface area contributed by atoms with Crippen LogP contribution in [0.15, 0.2) is 0 Å². The molecule has 0 N–H and O–H groups in total. The van der Waals surface area contributed by atoms with Gasteiger partial charge in [0.2, 0.25) is 0 Å². The molecule has 0 unspecified atom stereocenters. The Morgan fingerprint density at radius 2 is 0.667 bits per heavy atom. The van der Waals surface area contributed by atoms with Crippen molar-refractivity contribution in [3.63, 3.8) is 0 Å². The maximum Gasteiger partial charge on any atom is 0.485 e. The molecule has 0 radical (unpaired) electrons. The molecule has 16 heteroatoms. The smallest absolute Gasteiger partial charge is 0.485 e. The highest BCUT2D eigenvalue weighted by molar-refractivity contribution is 7.86. The lowest BCUT2D eigenvalue weighted by Crippen LogP contribution is -2.44. The van der Waals surface area contributed by atoms with Crippen LogP contribution in [-0.2, 0) is 20.2 Å². The topological polar surface area (TPSA) is 114 Å². The molecule has 0 spiro atoms. The molecule has 8 nitrogen and oxygen atoms in total. The molecule has 0 fully saturated rings. The summed E-state index contributed by atoms with van der Waals surface area (Å²) in [6.07, 6.45) is 14.1. The number of unbranched alkanes of at least 4 members (excludes halogenated alkanes) is 8. The lowest BCUT2D eigenvalue weighted by atomic mass is 10.1. The third-order valence-corrected chi connectivity index (χ3v) is 8.36. The average molecular weight is 671 g/mol. The summed E-state index contributed by atoms with van der Waals surface area (Å²) in [5.41, 5.74) is -11.3. The van der Waals surface area contributed by atoms with Crippen LogP contribution >= 0.6 is 0 Å². The standard InChI is InChI=1S/2C12H28N.2CHF3O3S/c2*1-5-8-9-10-11-12-13(4,6-2)7-3;2*2-1(3,4)8(5,6)7/h2*5-12H2,1-4H3;2*(H,5,6,7)/q2*+1;;/p-2. The van der Waals surface area contributed by atoms with E-state index < -0.39 is 31.3 Å². The Kier molecular flexibility index (Phi) is 27.2. The van der Waals surface area contributed by atoms with Crippen molar-refractivity contribution in [1.82, 2.24) is 0 Å². The van der Waals surface area contributed by atoms with Crippen LogP contribution in [0.25, 0.3) is 0 Å². The molecule has 0 atom stereocenters. The third-order valence-electron chi connectivity index (χ3n) is 7.22. The van der Waals surface area contributed by atoms with Gasteiger partial charge in [-0.2, -0.15) is 26.3 Å². The quantitative estimate of drug-likeness (QED) is 0.0575. The van der Waals surface area contributed by atoms with Crippen molar-refractivity contribution in [2.45, 2.75) is 117 Å². The number of hydrogen-bond donors (Lipinski definition) is 0. The van der Waals surface area contributed by atoms with Crippen LogP contribution in [-0.4, -0.2) is 99.3 Å². The Bertz CT molecular complexity index is 774. The maximum absolute atomic E-state index is 10.7. The lowest BCUT2D eigenvalue weighted by Gasteiger charge is -2.32. The summed E-state index contributed by atoms with van der Waals surface area (Å²) < 4.78 is 120. The molecular weight excluding hydrogens is 614 g/mol. The fourth-order valence-corrected chi connectivity index (χ4v) is 3.27. The first-order chi connectivity index (χ1) is 18.9. The molecule has 0 saturated heterocycles. The highest BCUT2D eigenvalue weighted by Gasteiger charge is 2.37. The van der Waals surface area contributed by atoms with Gasteiger partial charge in [0.15, 0.2) is 20.2 Å². The summed E-state index contributed by atoms with van der Waals surface area (Å²) in [7, 11) is -7.43. The highest BCUT2D eigenvalue weighted by atomic mass is 32.2. The molecule has 0 aromatic rings. The van der Waals surface area contributed by atoms with Crippen LogP contribution < -0.4 is 0 Å². The van der Waals surface area contributed by atoms with Crippen molar-refractivity contribution >= 4 is 20.2 Å². The van der Waals surface area contributed by atoms with E-state index in [9.17, 15) is 26.3 Å². The number of halogens is 6. The van der Waals surface area contributed by atoms with E-state index in [1.165, 1.54) is 112 Å². The highest BCUT2D eigenvalue weighted by Crippen LogP contribution is 2.21. The molecule has 0 aromatic heterocycles. The van der Waals surface area contributed by atoms with E-state index in [2.05, 4.69) is 55.6 Å². The average Bonchev–Trinajstić information content (AvgIpc) is 2.87. The van der Waals surface area contributed by atoms with E-state index >= 15 is 0 Å². The van der Waals surface area contributed by atoms with Crippen molar-refractivity contribution in [3.8, 4) is 0 Å². The van der Waals surface area contributed by atoms with E-state index in [0.29, 0.717) is 0 Å². The van der Waals surface area contributed by atoms with Gasteiger partial charge in [-0.15, -0.1) is 0 Å². The van der Waals surface area contributed by atoms with Crippen LogP contribution in [0.4, 0.5) is 26.3 Å². The summed E-state index contributed by atoms with van der Waals surface area (Å²) in [4.78, 5) is 0. The number of quaternary nitrogens is 2. The second-order valence-electron chi connectivity index (χ2n) is 10.6. The Hall–Kier alpha value is -0.680. The number of hydrogen-bond acceptors (Lipinski definition) is 6. The van der Waals surface area contributed by atoms with Crippen LogP contribution in [0.2, 0.25) is 0 Å². The first-order valence-electron chi connectivity index (χ1n) is 14.6. The molecule has 0 amide bonds. The van der Waals surface area contributed by atoms with E-state index in [1.54, 1.807) is 0 Å². The van der Waals surface area contributed by atoms with Crippen molar-refractivity contribution in [3.05, 3.63) is 0 Å². The van der Waals surface area contributed by atoms with Crippen molar-refractivity contribution in [1.29, 1.82) is 0 Å². The Balaban J connectivity index is -0.000000235. The summed E-state index contributed by atoms with van der Waals surface area (Å²) in [6.45, 7) is 21.6. The number of nitrogens with zero attached hydrogens (tertiary/aromatic N) is 2. The molecule has 0 saturated carbocycles. The van der Waals surface area contributed by atoms with Gasteiger partial charge < -0.3 is 18.1 Å². The molecule has 0 aliphatic heterocycles. The zero-order valence-electron chi connectivity index (χ0n) is 26.7. The number of alkyl halides is 6. The van der Waals surface area contributed by atoms with Gasteiger partial charge in [-0.05, 0) is 53.4 Å². The molecule has 0 heterocycles. The SMILES string of the molecule is CCCCCCC[N+](C)(CC)CC.CCCCCCC[N+](C)(CC)CC.O=S(=O)([O-])C(F)(F)F.O=S(=O)([O-])C(F)(F)F. The lowest BCUT2D eigenvalue weighted by molar-refractivity contribution is -0.906. The zero-order chi connectivity index (χ0) is 34.3. The van der Waals surface area contributed by atoms with Gasteiger partial charge in [-0.25, -0.2) is 16.8 Å². The Morgan fingerprint density at radius 3 is 0.810 bits per heavy atom. The van der Waals surface area contributed by atoms with Crippen molar-refractivity contribution in [2.24, 2.45) is 0 Å². The van der Waals surface area contributed by atoms with Crippen molar-refractivity contribution < 1.29 is 61.2 Å². The Morgan fingerprint density at radius 1 is 0.476 bits per heavy atom. The fourth-order valence-electron chi connectivity index (χ4n) is 3.27. The predicted octanol–water partition coefficient (Wildman–Crippen LogP) is 6.99. The molecule has 0 rings (SSSR count). The summed E-state index contributed by atoms with van der Waals surface area (Å²) in [5.74, 6) is 0. The second kappa shape index (κ2) is 23.7. The Labute approximate surface area is 251 Å². The molecule has 0 aliphatic rings. The minimum absolute atomic E-state index is 1.26. The van der Waals surface area contributed by atoms with Gasteiger partial charge in [-0.3, -0.25) is 0 Å². The van der Waals surface area contributed by atoms with Gasteiger partial charge >= 0.3 is 11.0 Å². The van der Waals surface area contributed by atoms with Crippen LogP contribution in [0.1, 0.15) is 106 Å². The second-order valence-corrected chi connectivity index (χ2v) is 13.3. The first-order valence-corrected chi connectivity index (χ1v) is 17.4. The largest absolute Gasteiger partial charge is 0.741 e. The maximum atomic E-state index is 10.7. The molecule has 42 heavy (non-hydrogen) atoms.